The Morgan fingerprint density at radius 2 is 1.33 bits per heavy atom. The fraction of sp³-hybridized carbons (Fsp3) is 0. The van der Waals surface area contributed by atoms with E-state index < -0.39 is 6.03 Å². The minimum Gasteiger partial charge on any atom is -0.352 e. The molecule has 0 bridgehead atoms. The second-order valence-electron chi connectivity index (χ2n) is 0.402. The van der Waals surface area contributed by atoms with E-state index in [1.165, 1.54) is 0 Å². The van der Waals surface area contributed by atoms with Crippen molar-refractivity contribution in [3.05, 3.63) is 0 Å². The zero-order valence-corrected chi connectivity index (χ0v) is 2.96. The van der Waals surface area contributed by atoms with Crippen molar-refractivity contribution >= 4 is 6.03 Å². The number of hydrogen-bond donors (Lipinski definition) is 2. The van der Waals surface area contributed by atoms with Crippen LogP contribution in [0.25, 0.3) is 0 Å². The molecule has 0 spiro atoms. The Labute approximate surface area is 34.3 Å². The number of hydrogen-bond acceptors (Lipinski definition) is 3. The lowest BCUT2D eigenvalue weighted by Gasteiger charge is -1.62. The van der Waals surface area contributed by atoms with Crippen molar-refractivity contribution in [1.82, 2.24) is 0 Å². The molecule has 0 rings (SSSR count). The molecule has 6 heavy (non-hydrogen) atoms. The van der Waals surface area contributed by atoms with Crippen LogP contribution in [-0.2, 0) is 0 Å². The lowest BCUT2D eigenvalue weighted by Crippen LogP contribution is -2.18. The summed E-state index contributed by atoms with van der Waals surface area (Å²) >= 11 is 0. The van der Waals surface area contributed by atoms with Crippen LogP contribution in [0.4, 0.5) is 4.79 Å². The highest BCUT2D eigenvalue weighted by Gasteiger charge is 1.60. The number of urea groups is 1. The molecule has 5 nitrogen and oxygen atoms in total. The van der Waals surface area contributed by atoms with Gasteiger partial charge in [-0.2, -0.15) is 0 Å². The first kappa shape index (κ1) is 8.83. The summed E-state index contributed by atoms with van der Waals surface area (Å²) in [5, 5.41) is 12.0. The Bertz CT molecular complexity index is 51.8. The van der Waals surface area contributed by atoms with Gasteiger partial charge in [-0.25, -0.2) is 4.79 Å². The highest BCUT2D eigenvalue weighted by molar-refractivity contribution is 5.69. The molecule has 4 N–H and O–H groups in total. The van der Waals surface area contributed by atoms with E-state index >= 15 is 0 Å². The predicted octanol–water partition coefficient (Wildman–Crippen LogP) is -0.946. The summed E-state index contributed by atoms with van der Waals surface area (Å²) in [7, 11) is 0. The van der Waals surface area contributed by atoms with Crippen LogP contribution in [0, 0.1) is 10.8 Å². The van der Waals surface area contributed by atoms with E-state index in [0.717, 1.165) is 0 Å². The van der Waals surface area contributed by atoms with Crippen molar-refractivity contribution < 1.29 is 4.79 Å². The quantitative estimate of drug-likeness (QED) is 0.372. The first-order chi connectivity index (χ1) is 2.73. The maximum atomic E-state index is 9.00. The highest BCUT2D eigenvalue weighted by atomic mass is 16.2. The van der Waals surface area contributed by atoms with Gasteiger partial charge in [0.25, 0.3) is 0 Å². The Hall–Kier alpha value is -1.31. The van der Waals surface area contributed by atoms with Crippen molar-refractivity contribution in [3.8, 4) is 0 Å². The normalized spacial score (nSPS) is 4.33. The van der Waals surface area contributed by atoms with E-state index in [1.807, 2.05) is 0 Å². The SMILES string of the molecule is N#N.NC(N)=O. The van der Waals surface area contributed by atoms with Gasteiger partial charge in [0.2, 0.25) is 0 Å². The van der Waals surface area contributed by atoms with E-state index in [-0.39, 0.29) is 0 Å². The Morgan fingerprint density at radius 1 is 1.33 bits per heavy atom. The van der Waals surface area contributed by atoms with Crippen LogP contribution in [0.2, 0.25) is 0 Å². The van der Waals surface area contributed by atoms with Gasteiger partial charge in [0.15, 0.2) is 0 Å². The molecule has 0 aliphatic rings. The third-order valence-corrected chi connectivity index (χ3v) is 0. The highest BCUT2D eigenvalue weighted by Crippen LogP contribution is 1.25. The topological polar surface area (TPSA) is 117 Å². The molecule has 0 aromatic carbocycles. The number of carbonyl (C=O) groups is 1. The Kier molecular flexibility index (Phi) is 13.8. The summed E-state index contributed by atoms with van der Waals surface area (Å²) in [4.78, 5) is 9.00. The fourth-order valence-electron chi connectivity index (χ4n) is 0. The number of primary amides is 2. The molecule has 0 unspecified atom stereocenters. The third-order valence-electron chi connectivity index (χ3n) is 0. The molecule has 0 saturated carbocycles. The molecule has 0 atom stereocenters. The fourth-order valence-corrected chi connectivity index (χ4v) is 0. The zero-order chi connectivity index (χ0) is 5.58. The Balaban J connectivity index is 0. The molecule has 0 aromatic heterocycles. The maximum absolute atomic E-state index is 9.00. The second-order valence-corrected chi connectivity index (χ2v) is 0.402. The van der Waals surface area contributed by atoms with Gasteiger partial charge in [0, 0.05) is 10.8 Å². The van der Waals surface area contributed by atoms with Gasteiger partial charge < -0.3 is 11.5 Å². The molecule has 0 heterocycles. The molecule has 5 heteroatoms. The summed E-state index contributed by atoms with van der Waals surface area (Å²) in [5.41, 5.74) is 8.50. The van der Waals surface area contributed by atoms with Crippen LogP contribution in [0.1, 0.15) is 0 Å². The molecular formula is CH4N4O. The van der Waals surface area contributed by atoms with Crippen LogP contribution in [0.3, 0.4) is 0 Å². The second kappa shape index (κ2) is 9.35. The average molecular weight is 88.1 g/mol. The van der Waals surface area contributed by atoms with Crippen molar-refractivity contribution in [2.75, 3.05) is 0 Å². The lowest BCUT2D eigenvalue weighted by molar-refractivity contribution is 0.256. The van der Waals surface area contributed by atoms with Crippen LogP contribution in [0.5, 0.6) is 0 Å². The monoisotopic (exact) mass is 88.0 g/mol. The predicted molar refractivity (Wildman–Crippen MR) is 17.2 cm³/mol. The first-order valence-electron chi connectivity index (χ1n) is 0.981. The van der Waals surface area contributed by atoms with Crippen LogP contribution < -0.4 is 11.5 Å². The van der Waals surface area contributed by atoms with Gasteiger partial charge >= 0.3 is 6.03 Å². The van der Waals surface area contributed by atoms with Crippen LogP contribution in [0.15, 0.2) is 0 Å². The number of nitrogens with zero attached hydrogens (tertiary/aromatic N) is 2. The zero-order valence-electron chi connectivity index (χ0n) is 2.96. The standard InChI is InChI=1S/CH4N2O.N2/c2-1(3)4;1-2/h(H4,2,3,4);. The summed E-state index contributed by atoms with van der Waals surface area (Å²) in [6, 6.07) is -0.833. The number of amides is 2. The summed E-state index contributed by atoms with van der Waals surface area (Å²) in [6.45, 7) is 0. The van der Waals surface area contributed by atoms with Gasteiger partial charge in [-0.3, -0.25) is 0 Å². The molecule has 0 radical (unpaired) electrons. The smallest absolute Gasteiger partial charge is 0.309 e. The van der Waals surface area contributed by atoms with Gasteiger partial charge in [0.05, 0.1) is 0 Å². The van der Waals surface area contributed by atoms with Crippen molar-refractivity contribution in [2.24, 2.45) is 11.5 Å². The van der Waals surface area contributed by atoms with E-state index in [1.54, 1.807) is 0 Å². The lowest BCUT2D eigenvalue weighted by atomic mass is 11.2. The van der Waals surface area contributed by atoms with E-state index in [2.05, 4.69) is 11.5 Å². The number of nitrogens with two attached hydrogens (primary N) is 2. The third kappa shape index (κ3) is 4.48. The van der Waals surface area contributed by atoms with Gasteiger partial charge in [-0.1, -0.05) is 0 Å². The van der Waals surface area contributed by atoms with E-state index in [0.29, 0.717) is 0 Å². The minimum atomic E-state index is -0.833. The molecule has 34 valence electrons. The molecule has 0 saturated heterocycles. The minimum absolute atomic E-state index is 0.833. The van der Waals surface area contributed by atoms with Crippen molar-refractivity contribution in [1.29, 1.82) is 10.8 Å². The summed E-state index contributed by atoms with van der Waals surface area (Å²) < 4.78 is 0. The van der Waals surface area contributed by atoms with E-state index in [4.69, 9.17) is 15.6 Å². The molecule has 2 amide bonds. The molecule has 0 fully saturated rings. The average Bonchev–Trinajstić information content (AvgIpc) is 1.41. The summed E-state index contributed by atoms with van der Waals surface area (Å²) in [5.74, 6) is 0. The molecule has 0 aliphatic carbocycles. The summed E-state index contributed by atoms with van der Waals surface area (Å²) in [6.07, 6.45) is 0. The maximum Gasteiger partial charge on any atom is 0.309 e. The van der Waals surface area contributed by atoms with Crippen molar-refractivity contribution in [2.45, 2.75) is 0 Å². The van der Waals surface area contributed by atoms with Gasteiger partial charge in [-0.05, 0) is 0 Å². The molecular weight excluding hydrogens is 84.0 g/mol. The molecule has 0 aliphatic heterocycles. The largest absolute Gasteiger partial charge is 0.352 e. The van der Waals surface area contributed by atoms with E-state index in [9.17, 15) is 0 Å². The number of carbonyl (C=O) groups excluding carboxylic acids is 1. The molecule has 0 aromatic rings. The Morgan fingerprint density at radius 3 is 1.33 bits per heavy atom. The van der Waals surface area contributed by atoms with Crippen LogP contribution in [-0.4, -0.2) is 6.03 Å². The van der Waals surface area contributed by atoms with Gasteiger partial charge in [-0.15, -0.1) is 0 Å². The first-order valence-corrected chi connectivity index (χ1v) is 0.981. The van der Waals surface area contributed by atoms with Gasteiger partial charge in [0.1, 0.15) is 0 Å². The van der Waals surface area contributed by atoms with Crippen LogP contribution >= 0.6 is 0 Å². The number of rotatable bonds is 0. The van der Waals surface area contributed by atoms with Crippen molar-refractivity contribution in [3.63, 3.8) is 0 Å².